The van der Waals surface area contributed by atoms with Crippen LogP contribution in [0.1, 0.15) is 5.56 Å². The van der Waals surface area contributed by atoms with Crippen molar-refractivity contribution in [1.29, 1.82) is 0 Å². The van der Waals surface area contributed by atoms with Gasteiger partial charge in [0.1, 0.15) is 0 Å². The van der Waals surface area contributed by atoms with Gasteiger partial charge in [0.2, 0.25) is 0 Å². The first-order valence-corrected chi connectivity index (χ1v) is 6.45. The van der Waals surface area contributed by atoms with Crippen LogP contribution in [0.15, 0.2) is 16.6 Å². The first kappa shape index (κ1) is 12.8. The van der Waals surface area contributed by atoms with Gasteiger partial charge in [0.05, 0.1) is 11.6 Å². The summed E-state index contributed by atoms with van der Waals surface area (Å²) in [6.07, 6.45) is 0. The Kier molecular flexibility index (Phi) is 4.36. The van der Waals surface area contributed by atoms with Gasteiger partial charge in [0, 0.05) is 32.7 Å². The van der Waals surface area contributed by atoms with Crippen molar-refractivity contribution in [2.24, 2.45) is 0 Å². The predicted octanol–water partition coefficient (Wildman–Crippen LogP) is 2.00. The molecule has 5 heteroatoms. The van der Waals surface area contributed by atoms with E-state index in [1.54, 1.807) is 6.07 Å². The van der Waals surface area contributed by atoms with Crippen LogP contribution in [-0.2, 0) is 6.54 Å². The largest absolute Gasteiger partial charge is 0.492 e. The average Bonchev–Trinajstić information content (AvgIpc) is 2.30. The summed E-state index contributed by atoms with van der Waals surface area (Å²) >= 11 is 3.33. The second kappa shape index (κ2) is 5.80. The Labute approximate surface area is 109 Å². The van der Waals surface area contributed by atoms with Crippen LogP contribution < -0.4 is 10.1 Å². The van der Waals surface area contributed by atoms with Gasteiger partial charge in [-0.1, -0.05) is 0 Å². The molecule has 0 atom stereocenters. The number of benzene rings is 1. The number of nitrogens with zero attached hydrogens (tertiary/aromatic N) is 1. The van der Waals surface area contributed by atoms with Crippen molar-refractivity contribution < 1.29 is 9.13 Å². The zero-order valence-electron chi connectivity index (χ0n) is 9.80. The Morgan fingerprint density at radius 3 is 2.71 bits per heavy atom. The second-order valence-electron chi connectivity index (χ2n) is 4.12. The monoisotopic (exact) mass is 302 g/mol. The van der Waals surface area contributed by atoms with Crippen LogP contribution in [0.25, 0.3) is 0 Å². The van der Waals surface area contributed by atoms with Gasteiger partial charge >= 0.3 is 0 Å². The van der Waals surface area contributed by atoms with E-state index in [1.807, 2.05) is 6.07 Å². The van der Waals surface area contributed by atoms with Gasteiger partial charge in [-0.25, -0.2) is 4.39 Å². The van der Waals surface area contributed by atoms with Gasteiger partial charge in [-0.2, -0.15) is 0 Å². The van der Waals surface area contributed by atoms with Crippen LogP contribution in [0.3, 0.4) is 0 Å². The van der Waals surface area contributed by atoms with E-state index < -0.39 is 0 Å². The number of nitrogens with one attached hydrogen (secondary N) is 1. The van der Waals surface area contributed by atoms with Crippen LogP contribution in [0, 0.1) is 5.82 Å². The lowest BCUT2D eigenvalue weighted by molar-refractivity contribution is 0.232. The third-order valence-electron chi connectivity index (χ3n) is 2.88. The number of methoxy groups -OCH3 is 1. The SMILES string of the molecule is COc1c(F)cc(CN2CCNCC2)cc1Br. The summed E-state index contributed by atoms with van der Waals surface area (Å²) in [6.45, 7) is 4.79. The van der Waals surface area contributed by atoms with E-state index in [2.05, 4.69) is 26.1 Å². The molecule has 1 aliphatic rings. The summed E-state index contributed by atoms with van der Waals surface area (Å²) in [7, 11) is 1.47. The number of piperazine rings is 1. The third kappa shape index (κ3) is 3.18. The van der Waals surface area contributed by atoms with Gasteiger partial charge in [0.15, 0.2) is 11.6 Å². The van der Waals surface area contributed by atoms with E-state index in [9.17, 15) is 4.39 Å². The van der Waals surface area contributed by atoms with Crippen molar-refractivity contribution in [2.75, 3.05) is 33.3 Å². The standard InChI is InChI=1S/C12H16BrFN2O/c1-17-12-10(13)6-9(7-11(12)14)8-16-4-2-15-3-5-16/h6-7,15H,2-5,8H2,1H3. The minimum atomic E-state index is -0.313. The average molecular weight is 303 g/mol. The minimum Gasteiger partial charge on any atom is -0.492 e. The number of ether oxygens (including phenoxy) is 1. The van der Waals surface area contributed by atoms with Crippen molar-refractivity contribution in [1.82, 2.24) is 10.2 Å². The molecule has 0 amide bonds. The molecule has 3 nitrogen and oxygen atoms in total. The molecule has 1 heterocycles. The zero-order chi connectivity index (χ0) is 12.3. The molecule has 0 bridgehead atoms. The first-order chi connectivity index (χ1) is 8.20. The van der Waals surface area contributed by atoms with Crippen LogP contribution in [0.5, 0.6) is 5.75 Å². The molecule has 94 valence electrons. The highest BCUT2D eigenvalue weighted by Gasteiger charge is 2.13. The van der Waals surface area contributed by atoms with Gasteiger partial charge in [-0.15, -0.1) is 0 Å². The molecule has 0 spiro atoms. The molecule has 0 radical (unpaired) electrons. The lowest BCUT2D eigenvalue weighted by Gasteiger charge is -2.27. The summed E-state index contributed by atoms with van der Waals surface area (Å²) in [5.41, 5.74) is 0.970. The van der Waals surface area contributed by atoms with Crippen molar-refractivity contribution in [2.45, 2.75) is 6.54 Å². The number of hydrogen-bond donors (Lipinski definition) is 1. The fourth-order valence-electron chi connectivity index (χ4n) is 2.03. The Morgan fingerprint density at radius 1 is 1.41 bits per heavy atom. The summed E-state index contributed by atoms with van der Waals surface area (Å²) in [6, 6.07) is 3.47. The summed E-state index contributed by atoms with van der Waals surface area (Å²) < 4.78 is 19.3. The molecule has 1 aliphatic heterocycles. The number of rotatable bonds is 3. The van der Waals surface area contributed by atoms with Crippen molar-refractivity contribution in [3.05, 3.63) is 28.0 Å². The van der Waals surface area contributed by atoms with Crippen molar-refractivity contribution >= 4 is 15.9 Å². The van der Waals surface area contributed by atoms with E-state index in [4.69, 9.17) is 4.74 Å². The summed E-state index contributed by atoms with van der Waals surface area (Å²) in [4.78, 5) is 2.31. The van der Waals surface area contributed by atoms with Crippen LogP contribution in [-0.4, -0.2) is 38.2 Å². The molecule has 1 saturated heterocycles. The number of hydrogen-bond acceptors (Lipinski definition) is 3. The molecular formula is C12H16BrFN2O. The molecular weight excluding hydrogens is 287 g/mol. The Morgan fingerprint density at radius 2 is 2.12 bits per heavy atom. The third-order valence-corrected chi connectivity index (χ3v) is 3.47. The topological polar surface area (TPSA) is 24.5 Å². The highest BCUT2D eigenvalue weighted by Crippen LogP contribution is 2.29. The fraction of sp³-hybridized carbons (Fsp3) is 0.500. The van der Waals surface area contributed by atoms with Gasteiger partial charge in [0.25, 0.3) is 0 Å². The van der Waals surface area contributed by atoms with E-state index in [0.29, 0.717) is 4.47 Å². The number of halogens is 2. The maximum absolute atomic E-state index is 13.7. The maximum Gasteiger partial charge on any atom is 0.168 e. The van der Waals surface area contributed by atoms with Crippen LogP contribution in [0.4, 0.5) is 4.39 Å². The van der Waals surface area contributed by atoms with Crippen molar-refractivity contribution in [3.8, 4) is 5.75 Å². The molecule has 1 aromatic rings. The zero-order valence-corrected chi connectivity index (χ0v) is 11.4. The molecule has 1 aromatic carbocycles. The van der Waals surface area contributed by atoms with Gasteiger partial charge in [-0.3, -0.25) is 4.90 Å². The summed E-state index contributed by atoms with van der Waals surface area (Å²) in [5.74, 6) is -0.0407. The van der Waals surface area contributed by atoms with E-state index in [1.165, 1.54) is 7.11 Å². The van der Waals surface area contributed by atoms with Crippen LogP contribution >= 0.6 is 15.9 Å². The fourth-order valence-corrected chi connectivity index (χ4v) is 2.67. The van der Waals surface area contributed by atoms with Crippen molar-refractivity contribution in [3.63, 3.8) is 0 Å². The van der Waals surface area contributed by atoms with Crippen LogP contribution in [0.2, 0.25) is 0 Å². The Bertz CT molecular complexity index is 371. The quantitative estimate of drug-likeness (QED) is 0.924. The second-order valence-corrected chi connectivity index (χ2v) is 4.97. The van der Waals surface area contributed by atoms with E-state index in [0.717, 1.165) is 38.3 Å². The molecule has 0 unspecified atom stereocenters. The highest BCUT2D eigenvalue weighted by molar-refractivity contribution is 9.10. The molecule has 0 saturated carbocycles. The lowest BCUT2D eigenvalue weighted by Crippen LogP contribution is -2.42. The first-order valence-electron chi connectivity index (χ1n) is 5.65. The normalized spacial score (nSPS) is 17.1. The smallest absolute Gasteiger partial charge is 0.168 e. The highest BCUT2D eigenvalue weighted by atomic mass is 79.9. The molecule has 1 N–H and O–H groups in total. The molecule has 0 aromatic heterocycles. The minimum absolute atomic E-state index is 0.272. The van der Waals surface area contributed by atoms with E-state index in [-0.39, 0.29) is 11.6 Å². The molecule has 1 fully saturated rings. The van der Waals surface area contributed by atoms with Gasteiger partial charge in [-0.05, 0) is 33.6 Å². The molecule has 2 rings (SSSR count). The Hall–Kier alpha value is -0.650. The summed E-state index contributed by atoms with van der Waals surface area (Å²) in [5, 5.41) is 3.30. The van der Waals surface area contributed by atoms with Gasteiger partial charge < -0.3 is 10.1 Å². The molecule has 17 heavy (non-hydrogen) atoms. The lowest BCUT2D eigenvalue weighted by atomic mass is 10.2. The molecule has 0 aliphatic carbocycles. The predicted molar refractivity (Wildman–Crippen MR) is 68.8 cm³/mol. The maximum atomic E-state index is 13.7. The van der Waals surface area contributed by atoms with E-state index >= 15 is 0 Å². The Balaban J connectivity index is 2.10.